The van der Waals surface area contributed by atoms with Crippen LogP contribution in [0.25, 0.3) is 10.6 Å². The Morgan fingerprint density at radius 1 is 0.921 bits per heavy atom. The van der Waals surface area contributed by atoms with Gasteiger partial charge < -0.3 is 22.5 Å². The highest BCUT2D eigenvalue weighted by molar-refractivity contribution is 7.12. The molecule has 208 valence electrons. The number of aromatic nitrogens is 1. The largest absolute Gasteiger partial charge is 1.00 e. The van der Waals surface area contributed by atoms with Crippen molar-refractivity contribution < 1.29 is 26.5 Å². The van der Waals surface area contributed by atoms with E-state index < -0.39 is 0 Å². The molecule has 0 unspecified atom stereocenters. The number of hydrogen-bond donors (Lipinski definition) is 1. The van der Waals surface area contributed by atoms with Crippen LogP contribution in [-0.4, -0.2) is 12.5 Å². The average molecular weight is 578 g/mol. The van der Waals surface area contributed by atoms with Gasteiger partial charge in [0.2, 0.25) is 5.91 Å². The number of ether oxygens (including phenoxy) is 1. The van der Waals surface area contributed by atoms with Crippen LogP contribution in [0.3, 0.4) is 0 Å². The molecule has 0 spiro atoms. The number of carbonyl (C=O) groups excluding carboxylic acids is 1. The summed E-state index contributed by atoms with van der Waals surface area (Å²) in [6.45, 7) is 5.98. The number of carbonyl (C=O) groups is 1. The van der Waals surface area contributed by atoms with Crippen LogP contribution in [0.1, 0.15) is 83.6 Å². The second-order valence-corrected chi connectivity index (χ2v) is 10.9. The SMILES string of the molecule is CCCCCCCCCCCCOc1cc(CC(=O)Nc2ccc(-c3scc[n+]3CC)cc2)ccc1Cl.[Cl-]. The minimum absolute atomic E-state index is 0. The van der Waals surface area contributed by atoms with Gasteiger partial charge in [0, 0.05) is 5.69 Å². The van der Waals surface area contributed by atoms with E-state index in [0.29, 0.717) is 17.4 Å². The second kappa shape index (κ2) is 18.3. The maximum atomic E-state index is 12.7. The van der Waals surface area contributed by atoms with Gasteiger partial charge in [0.15, 0.2) is 6.20 Å². The van der Waals surface area contributed by atoms with Crippen LogP contribution >= 0.6 is 22.9 Å². The molecule has 7 heteroatoms. The maximum absolute atomic E-state index is 12.7. The number of anilines is 1. The van der Waals surface area contributed by atoms with Gasteiger partial charge in [0.1, 0.15) is 12.3 Å². The lowest BCUT2D eigenvalue weighted by molar-refractivity contribution is -0.678. The van der Waals surface area contributed by atoms with Gasteiger partial charge in [-0.25, -0.2) is 0 Å². The summed E-state index contributed by atoms with van der Waals surface area (Å²) in [6.07, 6.45) is 15.3. The fraction of sp³-hybridized carbons (Fsp3) is 0.484. The summed E-state index contributed by atoms with van der Waals surface area (Å²) in [5.41, 5.74) is 2.83. The van der Waals surface area contributed by atoms with Crippen molar-refractivity contribution in [3.8, 4) is 16.3 Å². The zero-order chi connectivity index (χ0) is 26.3. The van der Waals surface area contributed by atoms with Crippen molar-refractivity contribution in [2.24, 2.45) is 0 Å². The Hall–Kier alpha value is -2.08. The van der Waals surface area contributed by atoms with Gasteiger partial charge >= 0.3 is 0 Å². The van der Waals surface area contributed by atoms with Gasteiger partial charge in [-0.1, -0.05) is 93.7 Å². The minimum atomic E-state index is -0.0598. The van der Waals surface area contributed by atoms with Crippen LogP contribution < -0.4 is 27.0 Å². The zero-order valence-corrected chi connectivity index (χ0v) is 25.1. The summed E-state index contributed by atoms with van der Waals surface area (Å²) in [4.78, 5) is 12.7. The third-order valence-corrected chi connectivity index (χ3v) is 7.82. The van der Waals surface area contributed by atoms with Crippen molar-refractivity contribution in [3.05, 3.63) is 64.6 Å². The Bertz CT molecular complexity index is 1090. The maximum Gasteiger partial charge on any atom is 0.268 e. The Morgan fingerprint density at radius 3 is 2.24 bits per heavy atom. The fourth-order valence-electron chi connectivity index (χ4n) is 4.41. The molecule has 1 aromatic heterocycles. The van der Waals surface area contributed by atoms with E-state index in [4.69, 9.17) is 16.3 Å². The predicted octanol–water partition coefficient (Wildman–Crippen LogP) is 5.86. The van der Waals surface area contributed by atoms with Gasteiger partial charge in [-0.05, 0) is 55.3 Å². The number of halogens is 2. The number of amides is 1. The molecule has 3 rings (SSSR count). The Labute approximate surface area is 244 Å². The summed E-state index contributed by atoms with van der Waals surface area (Å²) in [7, 11) is 0. The molecule has 3 aromatic rings. The Balaban J connectivity index is 0.00000507. The summed E-state index contributed by atoms with van der Waals surface area (Å²) in [5, 5.41) is 6.90. The highest BCUT2D eigenvalue weighted by Crippen LogP contribution is 2.27. The number of nitrogens with zero attached hydrogens (tertiary/aromatic N) is 1. The molecule has 38 heavy (non-hydrogen) atoms. The van der Waals surface area contributed by atoms with Crippen LogP contribution in [-0.2, 0) is 17.8 Å². The van der Waals surface area contributed by atoms with Crippen molar-refractivity contribution in [1.82, 2.24) is 0 Å². The summed E-state index contributed by atoms with van der Waals surface area (Å²) in [6, 6.07) is 13.6. The predicted molar refractivity (Wildman–Crippen MR) is 157 cm³/mol. The van der Waals surface area contributed by atoms with Crippen molar-refractivity contribution in [3.63, 3.8) is 0 Å². The molecule has 1 N–H and O–H groups in total. The molecule has 0 saturated heterocycles. The Morgan fingerprint density at radius 2 is 1.58 bits per heavy atom. The first kappa shape index (κ1) is 32.1. The summed E-state index contributed by atoms with van der Waals surface area (Å²) < 4.78 is 8.17. The standard InChI is InChI=1S/C31H41ClN2O2S.ClH/c1-3-5-6-7-8-9-10-11-12-13-21-36-29-23-25(14-19-28(29)32)24-30(35)33-27-17-15-26(16-18-27)31-34(4-2)20-22-37-31;/h14-20,22-23H,3-13,21,24H2,1-2H3;1H. The quantitative estimate of drug-likeness (QED) is 0.161. The van der Waals surface area contributed by atoms with E-state index in [1.807, 2.05) is 30.3 Å². The average Bonchev–Trinajstić information content (AvgIpc) is 3.38. The van der Waals surface area contributed by atoms with E-state index >= 15 is 0 Å². The van der Waals surface area contributed by atoms with Crippen molar-refractivity contribution in [2.45, 2.75) is 91.0 Å². The zero-order valence-electron chi connectivity index (χ0n) is 22.8. The first-order valence-electron chi connectivity index (χ1n) is 13.9. The molecule has 0 saturated carbocycles. The van der Waals surface area contributed by atoms with Crippen LogP contribution in [0.15, 0.2) is 54.0 Å². The van der Waals surface area contributed by atoms with Gasteiger partial charge in [-0.15, -0.1) is 0 Å². The monoisotopic (exact) mass is 576 g/mol. The van der Waals surface area contributed by atoms with E-state index in [1.54, 1.807) is 11.3 Å². The number of benzene rings is 2. The molecule has 0 atom stereocenters. The molecule has 0 bridgehead atoms. The summed E-state index contributed by atoms with van der Waals surface area (Å²) in [5.74, 6) is 0.600. The first-order chi connectivity index (χ1) is 18.1. The van der Waals surface area contributed by atoms with Gasteiger partial charge in [0.05, 0.1) is 29.0 Å². The molecule has 0 fully saturated rings. The number of aryl methyl sites for hydroxylation is 1. The lowest BCUT2D eigenvalue weighted by Gasteiger charge is -2.11. The van der Waals surface area contributed by atoms with E-state index in [-0.39, 0.29) is 24.7 Å². The number of nitrogens with one attached hydrogen (secondary N) is 1. The Kier molecular flexibility index (Phi) is 15.4. The molecule has 1 heterocycles. The van der Waals surface area contributed by atoms with Gasteiger partial charge in [-0.2, -0.15) is 4.57 Å². The third kappa shape index (κ3) is 11.0. The molecule has 4 nitrogen and oxygen atoms in total. The molecule has 0 radical (unpaired) electrons. The van der Waals surface area contributed by atoms with Crippen LogP contribution in [0, 0.1) is 0 Å². The van der Waals surface area contributed by atoms with E-state index in [0.717, 1.165) is 29.8 Å². The molecular formula is C31H42Cl2N2O2S. The molecule has 0 aliphatic heterocycles. The van der Waals surface area contributed by atoms with E-state index in [1.165, 1.54) is 62.8 Å². The van der Waals surface area contributed by atoms with Crippen molar-refractivity contribution in [2.75, 3.05) is 11.9 Å². The van der Waals surface area contributed by atoms with Crippen LogP contribution in [0.2, 0.25) is 5.02 Å². The molecule has 0 aliphatic rings. The molecule has 2 aromatic carbocycles. The fourth-order valence-corrected chi connectivity index (χ4v) is 5.52. The van der Waals surface area contributed by atoms with Crippen molar-refractivity contribution >= 4 is 34.5 Å². The second-order valence-electron chi connectivity index (χ2n) is 9.59. The normalized spacial score (nSPS) is 10.7. The van der Waals surface area contributed by atoms with Crippen LogP contribution in [0.5, 0.6) is 5.75 Å². The number of rotatable bonds is 17. The smallest absolute Gasteiger partial charge is 0.268 e. The molecule has 1 amide bonds. The van der Waals surface area contributed by atoms with E-state index in [2.05, 4.69) is 47.4 Å². The molecule has 0 aliphatic carbocycles. The topological polar surface area (TPSA) is 42.2 Å². The van der Waals surface area contributed by atoms with Crippen molar-refractivity contribution in [1.29, 1.82) is 0 Å². The third-order valence-electron chi connectivity index (χ3n) is 6.55. The number of unbranched alkanes of at least 4 members (excludes halogenated alkanes) is 9. The molecular weight excluding hydrogens is 535 g/mol. The minimum Gasteiger partial charge on any atom is -1.00 e. The van der Waals surface area contributed by atoms with Gasteiger partial charge in [-0.3, -0.25) is 4.79 Å². The lowest BCUT2D eigenvalue weighted by Crippen LogP contribution is -3.00. The highest BCUT2D eigenvalue weighted by Gasteiger charge is 2.14. The lowest BCUT2D eigenvalue weighted by atomic mass is 10.1. The number of hydrogen-bond acceptors (Lipinski definition) is 3. The van der Waals surface area contributed by atoms with E-state index in [9.17, 15) is 4.79 Å². The summed E-state index contributed by atoms with van der Waals surface area (Å²) >= 11 is 8.07. The number of thiazole rings is 1. The first-order valence-corrected chi connectivity index (χ1v) is 15.1. The highest BCUT2D eigenvalue weighted by atomic mass is 35.5. The van der Waals surface area contributed by atoms with Gasteiger partial charge in [0.25, 0.3) is 5.01 Å². The van der Waals surface area contributed by atoms with Crippen LogP contribution in [0.4, 0.5) is 5.69 Å².